The standard InChI is InChI=1S/C26H38N6O3/c27-26(30-24-11-14-28-15-12-24)29-13-7-2-1-6-10-25(33)32(22-23-8-4-3-5-9-23)35-21-18-31-16-19-34-20-17-31/h3-5,8-9,11-12,14-15H,1-2,6-7,10,13,16-22H2,(H3,27,28,29,30). The SMILES string of the molecule is NC(=NCCCCCCC(=O)N(Cc1ccccc1)OCCN1CCOCC1)Nc1ccncc1. The van der Waals surface area contributed by atoms with Gasteiger partial charge in [-0.25, -0.2) is 5.06 Å². The molecular formula is C26H38N6O3. The number of amides is 1. The largest absolute Gasteiger partial charge is 0.379 e. The van der Waals surface area contributed by atoms with Gasteiger partial charge in [0.2, 0.25) is 5.91 Å². The lowest BCUT2D eigenvalue weighted by atomic mass is 10.1. The molecule has 9 nitrogen and oxygen atoms in total. The summed E-state index contributed by atoms with van der Waals surface area (Å²) in [5.41, 5.74) is 7.84. The van der Waals surface area contributed by atoms with E-state index in [0.29, 0.717) is 32.1 Å². The number of unbranched alkanes of at least 4 members (excludes halogenated alkanes) is 3. The van der Waals surface area contributed by atoms with Crippen molar-refractivity contribution in [3.8, 4) is 0 Å². The first-order valence-electron chi connectivity index (χ1n) is 12.4. The Morgan fingerprint density at radius 3 is 2.60 bits per heavy atom. The van der Waals surface area contributed by atoms with Crippen LogP contribution in [0.15, 0.2) is 59.9 Å². The van der Waals surface area contributed by atoms with E-state index in [4.69, 9.17) is 15.3 Å². The molecule has 1 amide bonds. The molecule has 0 saturated carbocycles. The molecule has 0 spiro atoms. The molecule has 1 aliphatic heterocycles. The summed E-state index contributed by atoms with van der Waals surface area (Å²) in [6.07, 6.45) is 7.59. The Morgan fingerprint density at radius 2 is 1.83 bits per heavy atom. The van der Waals surface area contributed by atoms with Gasteiger partial charge >= 0.3 is 0 Å². The third-order valence-electron chi connectivity index (χ3n) is 5.74. The fourth-order valence-electron chi connectivity index (χ4n) is 3.75. The number of benzene rings is 1. The number of nitrogens with two attached hydrogens (primary N) is 1. The molecule has 35 heavy (non-hydrogen) atoms. The first-order valence-corrected chi connectivity index (χ1v) is 12.4. The highest BCUT2D eigenvalue weighted by molar-refractivity contribution is 5.92. The van der Waals surface area contributed by atoms with Gasteiger partial charge in [-0.05, 0) is 30.5 Å². The summed E-state index contributed by atoms with van der Waals surface area (Å²) in [6, 6.07) is 13.6. The van der Waals surface area contributed by atoms with Crippen molar-refractivity contribution in [1.82, 2.24) is 14.9 Å². The van der Waals surface area contributed by atoms with Gasteiger partial charge in [0.1, 0.15) is 0 Å². The van der Waals surface area contributed by atoms with Crippen LogP contribution in [0.5, 0.6) is 0 Å². The molecule has 1 aliphatic rings. The predicted octanol–water partition coefficient (Wildman–Crippen LogP) is 3.05. The molecule has 1 fully saturated rings. The highest BCUT2D eigenvalue weighted by Gasteiger charge is 2.16. The van der Waals surface area contributed by atoms with Crippen molar-refractivity contribution in [2.45, 2.75) is 38.6 Å². The molecule has 0 unspecified atom stereocenters. The first kappa shape index (κ1) is 26.6. The molecule has 0 bridgehead atoms. The fraction of sp³-hybridized carbons (Fsp3) is 0.500. The number of hydrogen-bond acceptors (Lipinski definition) is 6. The molecule has 3 N–H and O–H groups in total. The number of carbonyl (C=O) groups excluding carboxylic acids is 1. The Bertz CT molecular complexity index is 875. The molecule has 3 rings (SSSR count). The summed E-state index contributed by atoms with van der Waals surface area (Å²) >= 11 is 0. The van der Waals surface area contributed by atoms with Crippen LogP contribution in [-0.4, -0.2) is 72.8 Å². The van der Waals surface area contributed by atoms with E-state index >= 15 is 0 Å². The van der Waals surface area contributed by atoms with E-state index in [9.17, 15) is 4.79 Å². The quantitative estimate of drug-likeness (QED) is 0.185. The Kier molecular flexibility index (Phi) is 12.0. The fourth-order valence-corrected chi connectivity index (χ4v) is 3.75. The third-order valence-corrected chi connectivity index (χ3v) is 5.74. The number of ether oxygens (including phenoxy) is 1. The molecule has 1 saturated heterocycles. The van der Waals surface area contributed by atoms with Gasteiger partial charge in [0.25, 0.3) is 0 Å². The van der Waals surface area contributed by atoms with Crippen molar-refractivity contribution in [1.29, 1.82) is 0 Å². The highest BCUT2D eigenvalue weighted by Crippen LogP contribution is 2.11. The average Bonchev–Trinajstić information content (AvgIpc) is 2.89. The van der Waals surface area contributed by atoms with Crippen LogP contribution in [-0.2, 0) is 20.9 Å². The molecule has 190 valence electrons. The van der Waals surface area contributed by atoms with E-state index in [0.717, 1.165) is 69.8 Å². The van der Waals surface area contributed by atoms with E-state index in [-0.39, 0.29) is 5.91 Å². The van der Waals surface area contributed by atoms with Gasteiger partial charge in [0, 0.05) is 50.7 Å². The number of nitrogens with zero attached hydrogens (tertiary/aromatic N) is 4. The molecule has 0 aliphatic carbocycles. The Hall–Kier alpha value is -3.01. The topological polar surface area (TPSA) is 105 Å². The van der Waals surface area contributed by atoms with Gasteiger partial charge in [0.05, 0.1) is 26.4 Å². The van der Waals surface area contributed by atoms with Gasteiger partial charge in [0.15, 0.2) is 5.96 Å². The summed E-state index contributed by atoms with van der Waals surface area (Å²) in [7, 11) is 0. The van der Waals surface area contributed by atoms with E-state index < -0.39 is 0 Å². The minimum atomic E-state index is 0.0275. The Balaban J connectivity index is 1.34. The molecule has 0 radical (unpaired) electrons. The molecule has 0 atom stereocenters. The van der Waals surface area contributed by atoms with Crippen LogP contribution in [0.3, 0.4) is 0 Å². The number of anilines is 1. The first-order chi connectivity index (χ1) is 17.2. The van der Waals surface area contributed by atoms with Crippen molar-refractivity contribution < 1.29 is 14.4 Å². The van der Waals surface area contributed by atoms with E-state index in [1.165, 1.54) is 5.06 Å². The number of hydroxylamine groups is 2. The number of hydrogen-bond donors (Lipinski definition) is 2. The molecule has 1 aromatic heterocycles. The maximum atomic E-state index is 12.9. The normalized spacial score (nSPS) is 14.6. The predicted molar refractivity (Wildman–Crippen MR) is 138 cm³/mol. The van der Waals surface area contributed by atoms with Crippen molar-refractivity contribution >= 4 is 17.6 Å². The second-order valence-corrected chi connectivity index (χ2v) is 8.50. The van der Waals surface area contributed by atoms with Gasteiger partial charge in [-0.2, -0.15) is 0 Å². The van der Waals surface area contributed by atoms with Gasteiger partial charge in [-0.3, -0.25) is 24.5 Å². The number of aromatic nitrogens is 1. The summed E-state index contributed by atoms with van der Waals surface area (Å²) in [5, 5.41) is 4.58. The van der Waals surface area contributed by atoms with Crippen LogP contribution in [0.1, 0.15) is 37.7 Å². The molecule has 2 heterocycles. The van der Waals surface area contributed by atoms with Crippen LogP contribution in [0.2, 0.25) is 0 Å². The van der Waals surface area contributed by atoms with E-state index in [1.807, 2.05) is 42.5 Å². The number of rotatable bonds is 14. The molecule has 9 heteroatoms. The molecule has 1 aromatic carbocycles. The number of morpholine rings is 1. The molecular weight excluding hydrogens is 444 g/mol. The monoisotopic (exact) mass is 482 g/mol. The average molecular weight is 483 g/mol. The van der Waals surface area contributed by atoms with E-state index in [1.54, 1.807) is 12.4 Å². The van der Waals surface area contributed by atoms with Crippen LogP contribution in [0, 0.1) is 0 Å². The minimum Gasteiger partial charge on any atom is -0.379 e. The zero-order valence-corrected chi connectivity index (χ0v) is 20.5. The highest BCUT2D eigenvalue weighted by atomic mass is 16.7. The van der Waals surface area contributed by atoms with Gasteiger partial charge < -0.3 is 15.8 Å². The molecule has 2 aromatic rings. The van der Waals surface area contributed by atoms with Crippen molar-refractivity contribution in [2.75, 3.05) is 51.3 Å². The van der Waals surface area contributed by atoms with Crippen molar-refractivity contribution in [2.24, 2.45) is 10.7 Å². The Labute approximate surface area is 208 Å². The number of guanidine groups is 1. The number of aliphatic imine (C=N–C) groups is 1. The number of nitrogens with one attached hydrogen (secondary N) is 1. The maximum absolute atomic E-state index is 12.9. The van der Waals surface area contributed by atoms with Crippen LogP contribution in [0.4, 0.5) is 5.69 Å². The number of pyridine rings is 1. The summed E-state index contributed by atoms with van der Waals surface area (Å²) in [5.74, 6) is 0.428. The summed E-state index contributed by atoms with van der Waals surface area (Å²) < 4.78 is 5.39. The van der Waals surface area contributed by atoms with Crippen molar-refractivity contribution in [3.63, 3.8) is 0 Å². The van der Waals surface area contributed by atoms with Crippen LogP contribution >= 0.6 is 0 Å². The van der Waals surface area contributed by atoms with Crippen LogP contribution < -0.4 is 11.1 Å². The zero-order valence-electron chi connectivity index (χ0n) is 20.5. The lowest BCUT2D eigenvalue weighted by Gasteiger charge is -2.28. The Morgan fingerprint density at radius 1 is 1.09 bits per heavy atom. The van der Waals surface area contributed by atoms with Crippen LogP contribution in [0.25, 0.3) is 0 Å². The third kappa shape index (κ3) is 10.9. The second kappa shape index (κ2) is 15.8. The summed E-state index contributed by atoms with van der Waals surface area (Å²) in [4.78, 5) is 29.5. The van der Waals surface area contributed by atoms with Gasteiger partial charge in [-0.15, -0.1) is 0 Å². The van der Waals surface area contributed by atoms with Crippen molar-refractivity contribution in [3.05, 3.63) is 60.4 Å². The van der Waals surface area contributed by atoms with E-state index in [2.05, 4.69) is 20.2 Å². The van der Waals surface area contributed by atoms with Gasteiger partial charge in [-0.1, -0.05) is 43.2 Å². The number of carbonyl (C=O) groups is 1. The second-order valence-electron chi connectivity index (χ2n) is 8.50. The minimum absolute atomic E-state index is 0.0275. The zero-order chi connectivity index (χ0) is 24.6. The lowest BCUT2D eigenvalue weighted by molar-refractivity contribution is -0.192. The maximum Gasteiger partial charge on any atom is 0.246 e. The summed E-state index contributed by atoms with van der Waals surface area (Å²) in [6.45, 7) is 5.73. The lowest BCUT2D eigenvalue weighted by Crippen LogP contribution is -2.40. The smallest absolute Gasteiger partial charge is 0.246 e.